The summed E-state index contributed by atoms with van der Waals surface area (Å²) < 4.78 is 10.5. The third-order valence-corrected chi connectivity index (χ3v) is 6.91. The van der Waals surface area contributed by atoms with Gasteiger partial charge < -0.3 is 36.1 Å². The van der Waals surface area contributed by atoms with Gasteiger partial charge in [0, 0.05) is 25.6 Å². The summed E-state index contributed by atoms with van der Waals surface area (Å²) in [5.41, 5.74) is 0.758. The average molecular weight is 604 g/mol. The Hall–Kier alpha value is -4.00. The maximum atomic E-state index is 13.5. The van der Waals surface area contributed by atoms with Crippen LogP contribution in [0.1, 0.15) is 59.4 Å². The van der Waals surface area contributed by atoms with Gasteiger partial charge in [-0.05, 0) is 51.5 Å². The van der Waals surface area contributed by atoms with Crippen molar-refractivity contribution < 1.29 is 38.2 Å². The maximum absolute atomic E-state index is 13.5. The second-order valence-electron chi connectivity index (χ2n) is 11.4. The van der Waals surface area contributed by atoms with Gasteiger partial charge in [0.15, 0.2) is 0 Å². The summed E-state index contributed by atoms with van der Waals surface area (Å²) in [7, 11) is 1.37. The summed E-state index contributed by atoms with van der Waals surface area (Å²) in [6, 6.07) is 5.07. The SMILES string of the molecule is COC(C)C(NC(=O)OCc1ccccc1)C(=O)NC(CC(C)C)C(=O)NC(C[C@@H]1CCNC1=O)C(=O)C(=O)NC(C)C. The third kappa shape index (κ3) is 11.7. The number of hydrogen-bond acceptors (Lipinski definition) is 8. The van der Waals surface area contributed by atoms with E-state index in [1.807, 2.05) is 19.9 Å². The first kappa shape index (κ1) is 35.2. The standard InChI is InChI=1S/C30H45N5O8/c1-17(2)14-23(27(38)33-22(15-21-12-13-31-26(21)37)25(36)29(40)32-18(3)4)34-28(39)24(19(5)42-6)35-30(41)43-16-20-10-8-7-9-11-20/h7-11,17-19,21-24H,12-16H2,1-6H3,(H,31,37)(H,32,40)(H,33,38)(H,34,39)(H,35,41)/t19?,21-,22?,23?,24?/m0/s1. The molecule has 2 rings (SSSR count). The lowest BCUT2D eigenvalue weighted by Gasteiger charge is -2.28. The van der Waals surface area contributed by atoms with E-state index in [9.17, 15) is 28.8 Å². The van der Waals surface area contributed by atoms with Crippen LogP contribution >= 0.6 is 0 Å². The Kier molecular flexibility index (Phi) is 14.1. The van der Waals surface area contributed by atoms with Crippen LogP contribution in [-0.2, 0) is 40.1 Å². The van der Waals surface area contributed by atoms with Gasteiger partial charge in [0.25, 0.3) is 5.91 Å². The molecule has 5 amide bonds. The predicted molar refractivity (Wildman–Crippen MR) is 157 cm³/mol. The summed E-state index contributed by atoms with van der Waals surface area (Å²) in [6.07, 6.45) is -1.06. The number of ether oxygens (including phenoxy) is 2. The van der Waals surface area contributed by atoms with E-state index in [-0.39, 0.29) is 37.3 Å². The van der Waals surface area contributed by atoms with Crippen molar-refractivity contribution >= 4 is 35.5 Å². The van der Waals surface area contributed by atoms with Crippen LogP contribution in [0.3, 0.4) is 0 Å². The summed E-state index contributed by atoms with van der Waals surface area (Å²) in [5.74, 6) is -4.05. The van der Waals surface area contributed by atoms with E-state index in [2.05, 4.69) is 26.6 Å². The Morgan fingerprint density at radius 2 is 1.56 bits per heavy atom. The molecular weight excluding hydrogens is 558 g/mol. The molecule has 5 atom stereocenters. The fraction of sp³-hybridized carbons (Fsp3) is 0.600. The topological polar surface area (TPSA) is 181 Å². The largest absolute Gasteiger partial charge is 0.445 e. The van der Waals surface area contributed by atoms with Crippen LogP contribution in [-0.4, -0.2) is 79.4 Å². The Labute approximate surface area is 252 Å². The summed E-state index contributed by atoms with van der Waals surface area (Å²) >= 11 is 0. The van der Waals surface area contributed by atoms with Crippen molar-refractivity contribution in [3.63, 3.8) is 0 Å². The van der Waals surface area contributed by atoms with Crippen molar-refractivity contribution in [3.05, 3.63) is 35.9 Å². The van der Waals surface area contributed by atoms with Gasteiger partial charge in [0.05, 0.1) is 12.1 Å². The minimum absolute atomic E-state index is 0.0143. The van der Waals surface area contributed by atoms with Gasteiger partial charge >= 0.3 is 6.09 Å². The number of nitrogens with one attached hydrogen (secondary N) is 5. The molecule has 5 N–H and O–H groups in total. The van der Waals surface area contributed by atoms with Gasteiger partial charge in [-0.1, -0.05) is 44.2 Å². The highest BCUT2D eigenvalue weighted by Crippen LogP contribution is 2.17. The lowest BCUT2D eigenvalue weighted by Crippen LogP contribution is -2.59. The second kappa shape index (κ2) is 17.2. The molecule has 1 aromatic carbocycles. The summed E-state index contributed by atoms with van der Waals surface area (Å²) in [6.45, 7) is 9.08. The molecule has 0 radical (unpaired) electrons. The Morgan fingerprint density at radius 3 is 2.12 bits per heavy atom. The second-order valence-corrected chi connectivity index (χ2v) is 11.4. The van der Waals surface area contributed by atoms with Crippen LogP contribution in [0, 0.1) is 11.8 Å². The van der Waals surface area contributed by atoms with Crippen LogP contribution in [0.5, 0.6) is 0 Å². The van der Waals surface area contributed by atoms with Crippen LogP contribution in [0.4, 0.5) is 4.79 Å². The number of carbonyl (C=O) groups excluding carboxylic acids is 6. The monoisotopic (exact) mass is 603 g/mol. The van der Waals surface area contributed by atoms with Crippen LogP contribution in [0.15, 0.2) is 30.3 Å². The van der Waals surface area contributed by atoms with E-state index in [4.69, 9.17) is 9.47 Å². The van der Waals surface area contributed by atoms with Crippen LogP contribution < -0.4 is 26.6 Å². The van der Waals surface area contributed by atoms with Gasteiger partial charge in [-0.2, -0.15) is 0 Å². The first-order valence-electron chi connectivity index (χ1n) is 14.6. The fourth-order valence-corrected chi connectivity index (χ4v) is 4.54. The predicted octanol–water partition coefficient (Wildman–Crippen LogP) is 0.952. The molecule has 1 saturated heterocycles. The quantitative estimate of drug-likeness (QED) is 0.173. The summed E-state index contributed by atoms with van der Waals surface area (Å²) in [4.78, 5) is 77.3. The zero-order valence-electron chi connectivity index (χ0n) is 25.7. The number of amides is 5. The van der Waals surface area contributed by atoms with Gasteiger partial charge in [-0.15, -0.1) is 0 Å². The number of methoxy groups -OCH3 is 1. The Balaban J connectivity index is 2.18. The molecule has 0 aliphatic carbocycles. The van der Waals surface area contributed by atoms with Crippen molar-refractivity contribution in [1.82, 2.24) is 26.6 Å². The normalized spacial score (nSPS) is 17.3. The molecule has 1 aromatic rings. The molecule has 0 aromatic heterocycles. The minimum Gasteiger partial charge on any atom is -0.445 e. The molecular formula is C30H45N5O8. The molecule has 1 fully saturated rings. The van der Waals surface area contributed by atoms with E-state index in [1.165, 1.54) is 7.11 Å². The van der Waals surface area contributed by atoms with Gasteiger partial charge in [-0.3, -0.25) is 24.0 Å². The number of ketones is 1. The van der Waals surface area contributed by atoms with E-state index in [0.29, 0.717) is 13.0 Å². The highest BCUT2D eigenvalue weighted by atomic mass is 16.5. The highest BCUT2D eigenvalue weighted by molar-refractivity contribution is 6.38. The van der Waals surface area contributed by atoms with Crippen molar-refractivity contribution in [3.8, 4) is 0 Å². The fourth-order valence-electron chi connectivity index (χ4n) is 4.54. The molecule has 4 unspecified atom stereocenters. The molecule has 1 aliphatic rings. The zero-order valence-corrected chi connectivity index (χ0v) is 25.7. The molecule has 1 aliphatic heterocycles. The maximum Gasteiger partial charge on any atom is 0.408 e. The van der Waals surface area contributed by atoms with E-state index in [1.54, 1.807) is 45.0 Å². The zero-order chi connectivity index (χ0) is 32.1. The molecule has 43 heavy (non-hydrogen) atoms. The van der Waals surface area contributed by atoms with Crippen LogP contribution in [0.2, 0.25) is 0 Å². The van der Waals surface area contributed by atoms with Crippen LogP contribution in [0.25, 0.3) is 0 Å². The molecule has 238 valence electrons. The minimum atomic E-state index is -1.29. The van der Waals surface area contributed by atoms with Crippen molar-refractivity contribution in [2.24, 2.45) is 11.8 Å². The van der Waals surface area contributed by atoms with E-state index >= 15 is 0 Å². The lowest BCUT2D eigenvalue weighted by molar-refractivity contribution is -0.141. The van der Waals surface area contributed by atoms with E-state index < -0.39 is 59.7 Å². The molecule has 0 spiro atoms. The number of benzene rings is 1. The molecule has 13 nitrogen and oxygen atoms in total. The van der Waals surface area contributed by atoms with Crippen molar-refractivity contribution in [2.45, 2.75) is 90.8 Å². The molecule has 1 heterocycles. The number of carbonyl (C=O) groups is 6. The molecule has 13 heteroatoms. The number of Topliss-reactive ketones (excluding diaryl/α,β-unsaturated/α-hetero) is 1. The van der Waals surface area contributed by atoms with Crippen molar-refractivity contribution in [2.75, 3.05) is 13.7 Å². The first-order chi connectivity index (χ1) is 20.3. The Morgan fingerprint density at radius 1 is 0.907 bits per heavy atom. The lowest BCUT2D eigenvalue weighted by atomic mass is 9.94. The number of rotatable bonds is 16. The van der Waals surface area contributed by atoms with Gasteiger partial charge in [-0.25, -0.2) is 4.79 Å². The van der Waals surface area contributed by atoms with E-state index in [0.717, 1.165) is 5.56 Å². The smallest absolute Gasteiger partial charge is 0.408 e. The summed E-state index contributed by atoms with van der Waals surface area (Å²) in [5, 5.41) is 13.0. The third-order valence-electron chi connectivity index (χ3n) is 6.91. The first-order valence-corrected chi connectivity index (χ1v) is 14.6. The van der Waals surface area contributed by atoms with Crippen molar-refractivity contribution in [1.29, 1.82) is 0 Å². The number of hydrogen-bond donors (Lipinski definition) is 5. The Bertz CT molecular complexity index is 1130. The van der Waals surface area contributed by atoms with Gasteiger partial charge in [0.2, 0.25) is 23.5 Å². The number of alkyl carbamates (subject to hydrolysis) is 1. The highest BCUT2D eigenvalue weighted by Gasteiger charge is 2.37. The molecule has 0 saturated carbocycles. The van der Waals surface area contributed by atoms with Gasteiger partial charge in [0.1, 0.15) is 18.7 Å². The molecule has 0 bridgehead atoms. The average Bonchev–Trinajstić information content (AvgIpc) is 3.36.